The zero-order chi connectivity index (χ0) is 14.7. The molecule has 1 aromatic carbocycles. The minimum atomic E-state index is 0.685. The number of hydrogen-bond donors (Lipinski definition) is 0. The Morgan fingerprint density at radius 1 is 1.00 bits per heavy atom. The summed E-state index contributed by atoms with van der Waals surface area (Å²) < 4.78 is 0. The smallest absolute Gasteiger partial charge is 0.00950 e. The van der Waals surface area contributed by atoms with Crippen LogP contribution in [0.2, 0.25) is 0 Å². The van der Waals surface area contributed by atoms with Crippen LogP contribution in [-0.2, 0) is 0 Å². The first-order chi connectivity index (χ1) is 10.1. The van der Waals surface area contributed by atoms with E-state index in [4.69, 9.17) is 0 Å². The lowest BCUT2D eigenvalue weighted by molar-refractivity contribution is 0.239. The third kappa shape index (κ3) is 1.73. The molecule has 2 bridgehead atoms. The van der Waals surface area contributed by atoms with Gasteiger partial charge in [0.05, 0.1) is 0 Å². The van der Waals surface area contributed by atoms with Crippen molar-refractivity contribution in [3.05, 3.63) is 46.5 Å². The van der Waals surface area contributed by atoms with Gasteiger partial charge in [-0.3, -0.25) is 0 Å². The van der Waals surface area contributed by atoms with Crippen LogP contribution in [0.1, 0.15) is 57.1 Å². The van der Waals surface area contributed by atoms with Gasteiger partial charge in [-0.05, 0) is 50.2 Å². The number of allylic oxidation sites excluding steroid dienone is 2. The molecule has 112 valence electrons. The largest absolute Gasteiger partial charge is 0.300 e. The molecule has 1 aliphatic heterocycles. The molecule has 0 aromatic heterocycles. The van der Waals surface area contributed by atoms with Gasteiger partial charge >= 0.3 is 0 Å². The van der Waals surface area contributed by atoms with Gasteiger partial charge < -0.3 is 4.90 Å². The van der Waals surface area contributed by atoms with E-state index in [1.807, 2.05) is 0 Å². The van der Waals surface area contributed by atoms with Crippen molar-refractivity contribution < 1.29 is 0 Å². The van der Waals surface area contributed by atoms with Crippen molar-refractivity contribution in [2.24, 2.45) is 11.8 Å². The molecule has 0 radical (unpaired) electrons. The van der Waals surface area contributed by atoms with Crippen LogP contribution in [0.15, 0.2) is 35.4 Å². The SMILES string of the molecule is CCC(C)N1C[C@@H]2[C@H](C1)[C@@H]1C(C)=C(C)[C@H]2c2ccccc21. The minimum Gasteiger partial charge on any atom is -0.300 e. The Morgan fingerprint density at radius 3 is 1.90 bits per heavy atom. The molecule has 1 unspecified atom stereocenters. The predicted octanol–water partition coefficient (Wildman–Crippen LogP) is 4.56. The zero-order valence-electron chi connectivity index (χ0n) is 13.8. The van der Waals surface area contributed by atoms with E-state index in [9.17, 15) is 0 Å². The second-order valence-corrected chi connectivity index (χ2v) is 7.49. The van der Waals surface area contributed by atoms with Gasteiger partial charge in [0.15, 0.2) is 0 Å². The Balaban J connectivity index is 1.78. The molecule has 0 N–H and O–H groups in total. The molecule has 5 rings (SSSR count). The minimum absolute atomic E-state index is 0.685. The van der Waals surface area contributed by atoms with Gasteiger partial charge in [-0.1, -0.05) is 42.3 Å². The Kier molecular flexibility index (Phi) is 3.04. The average Bonchev–Trinajstić information content (AvgIpc) is 2.94. The second-order valence-electron chi connectivity index (χ2n) is 7.49. The van der Waals surface area contributed by atoms with Gasteiger partial charge in [-0.25, -0.2) is 0 Å². The van der Waals surface area contributed by atoms with Crippen LogP contribution in [0.4, 0.5) is 0 Å². The summed E-state index contributed by atoms with van der Waals surface area (Å²) in [6, 6.07) is 9.99. The van der Waals surface area contributed by atoms with Crippen LogP contribution < -0.4 is 0 Å². The summed E-state index contributed by atoms with van der Waals surface area (Å²) in [7, 11) is 0. The molecular weight excluding hydrogens is 254 g/mol. The molecule has 1 nitrogen and oxygen atoms in total. The highest BCUT2D eigenvalue weighted by atomic mass is 15.2. The van der Waals surface area contributed by atoms with E-state index < -0.39 is 0 Å². The molecule has 21 heavy (non-hydrogen) atoms. The third-order valence-electron chi connectivity index (χ3n) is 6.73. The summed E-state index contributed by atoms with van der Waals surface area (Å²) >= 11 is 0. The molecule has 0 amide bonds. The van der Waals surface area contributed by atoms with Gasteiger partial charge in [0.2, 0.25) is 0 Å². The Morgan fingerprint density at radius 2 is 1.48 bits per heavy atom. The summed E-state index contributed by atoms with van der Waals surface area (Å²) in [5, 5.41) is 0. The fourth-order valence-electron chi connectivity index (χ4n) is 5.35. The molecule has 1 heterocycles. The van der Waals surface area contributed by atoms with Crippen molar-refractivity contribution in [2.75, 3.05) is 13.1 Å². The lowest BCUT2D eigenvalue weighted by Crippen LogP contribution is -2.38. The summed E-state index contributed by atoms with van der Waals surface area (Å²) in [5.74, 6) is 3.07. The van der Waals surface area contributed by atoms with Crippen LogP contribution in [0.5, 0.6) is 0 Å². The monoisotopic (exact) mass is 281 g/mol. The normalized spacial score (nSPS) is 35.8. The number of likely N-dealkylation sites (tertiary alicyclic amines) is 1. The number of hydrogen-bond acceptors (Lipinski definition) is 1. The first-order valence-electron chi connectivity index (χ1n) is 8.63. The Labute approximate surface area is 129 Å². The summed E-state index contributed by atoms with van der Waals surface area (Å²) in [6.45, 7) is 12.1. The molecule has 1 heteroatoms. The maximum absolute atomic E-state index is 2.76. The van der Waals surface area contributed by atoms with E-state index in [-0.39, 0.29) is 0 Å². The lowest BCUT2D eigenvalue weighted by Gasteiger charge is -2.48. The summed E-state index contributed by atoms with van der Waals surface area (Å²) in [4.78, 5) is 2.76. The first-order valence-corrected chi connectivity index (χ1v) is 8.63. The van der Waals surface area contributed by atoms with E-state index >= 15 is 0 Å². The number of benzene rings is 1. The van der Waals surface area contributed by atoms with Crippen LogP contribution in [0.3, 0.4) is 0 Å². The molecule has 3 aliphatic carbocycles. The van der Waals surface area contributed by atoms with Gasteiger partial charge in [-0.2, -0.15) is 0 Å². The van der Waals surface area contributed by atoms with Gasteiger partial charge in [0, 0.05) is 31.0 Å². The molecule has 1 aromatic rings. The van der Waals surface area contributed by atoms with Crippen LogP contribution in [-0.4, -0.2) is 24.0 Å². The number of nitrogens with zero attached hydrogens (tertiary/aromatic N) is 1. The number of rotatable bonds is 2. The van der Waals surface area contributed by atoms with Crippen molar-refractivity contribution in [1.29, 1.82) is 0 Å². The van der Waals surface area contributed by atoms with Crippen molar-refractivity contribution in [1.82, 2.24) is 4.90 Å². The fraction of sp³-hybridized carbons (Fsp3) is 0.600. The van der Waals surface area contributed by atoms with Crippen molar-refractivity contribution in [2.45, 2.75) is 52.0 Å². The third-order valence-corrected chi connectivity index (χ3v) is 6.73. The maximum Gasteiger partial charge on any atom is 0.00950 e. The lowest BCUT2D eigenvalue weighted by atomic mass is 9.56. The average molecular weight is 281 g/mol. The molecule has 5 atom stereocenters. The molecule has 0 saturated carbocycles. The Bertz CT molecular complexity index is 553. The van der Waals surface area contributed by atoms with E-state index in [0.29, 0.717) is 11.8 Å². The molecule has 1 fully saturated rings. The molecule has 0 spiro atoms. The zero-order valence-corrected chi connectivity index (χ0v) is 13.8. The van der Waals surface area contributed by atoms with Crippen molar-refractivity contribution >= 4 is 0 Å². The predicted molar refractivity (Wildman–Crippen MR) is 88.6 cm³/mol. The topological polar surface area (TPSA) is 3.24 Å². The first kappa shape index (κ1) is 13.6. The molecule has 1 saturated heterocycles. The fourth-order valence-corrected chi connectivity index (χ4v) is 5.35. The van der Waals surface area contributed by atoms with Crippen LogP contribution >= 0.6 is 0 Å². The highest BCUT2D eigenvalue weighted by Gasteiger charge is 2.52. The van der Waals surface area contributed by atoms with Crippen molar-refractivity contribution in [3.63, 3.8) is 0 Å². The highest BCUT2D eigenvalue weighted by Crippen LogP contribution is 2.60. The van der Waals surface area contributed by atoms with Crippen LogP contribution in [0, 0.1) is 11.8 Å². The van der Waals surface area contributed by atoms with Gasteiger partial charge in [0.1, 0.15) is 0 Å². The van der Waals surface area contributed by atoms with Crippen LogP contribution in [0.25, 0.3) is 0 Å². The second kappa shape index (κ2) is 4.71. The van der Waals surface area contributed by atoms with E-state index in [0.717, 1.165) is 17.9 Å². The van der Waals surface area contributed by atoms with Gasteiger partial charge in [-0.15, -0.1) is 0 Å². The maximum atomic E-state index is 2.76. The summed E-state index contributed by atoms with van der Waals surface area (Å²) in [6.07, 6.45) is 1.27. The quantitative estimate of drug-likeness (QED) is 0.718. The van der Waals surface area contributed by atoms with Gasteiger partial charge in [0.25, 0.3) is 0 Å². The van der Waals surface area contributed by atoms with E-state index in [2.05, 4.69) is 56.9 Å². The standard InChI is InChI=1S/C20H27N/c1-5-12(2)21-10-17-18(11-21)20-14(4)13(3)19(17)15-8-6-7-9-16(15)20/h6-9,12,17-20H,5,10-11H2,1-4H3/t12?,17-,18+,19+,20-. The van der Waals surface area contributed by atoms with E-state index in [1.54, 1.807) is 22.3 Å². The summed E-state index contributed by atoms with van der Waals surface area (Å²) in [5.41, 5.74) is 6.62. The highest BCUT2D eigenvalue weighted by molar-refractivity contribution is 5.52. The van der Waals surface area contributed by atoms with E-state index in [1.165, 1.54) is 19.5 Å². The van der Waals surface area contributed by atoms with Crippen molar-refractivity contribution in [3.8, 4) is 0 Å². The molecular formula is C20H27N. The Hall–Kier alpha value is -1.08. The molecule has 4 aliphatic rings.